The molecule has 0 heterocycles. The van der Waals surface area contributed by atoms with Crippen LogP contribution in [0.3, 0.4) is 0 Å². The third-order valence-electron chi connectivity index (χ3n) is 1.55. The van der Waals surface area contributed by atoms with Gasteiger partial charge in [0.2, 0.25) is 5.91 Å². The number of alkyl halides is 1. The smallest absolute Gasteiger partial charge is 0.225 e. The zero-order valence-corrected chi connectivity index (χ0v) is 9.46. The SMILES string of the molecule is O=C(CCCl)Nc1cccc(Cl)c1Cl. The standard InChI is InChI=1S/C9H8Cl3NO/c10-5-4-8(14)13-7-3-1-2-6(11)9(7)12/h1-3H,4-5H2,(H,13,14). The van der Waals surface area contributed by atoms with Gasteiger partial charge in [-0.15, -0.1) is 11.6 Å². The van der Waals surface area contributed by atoms with Gasteiger partial charge in [0.25, 0.3) is 0 Å². The van der Waals surface area contributed by atoms with Crippen LogP contribution in [0, 0.1) is 0 Å². The molecule has 0 saturated carbocycles. The van der Waals surface area contributed by atoms with Crippen molar-refractivity contribution in [2.75, 3.05) is 11.2 Å². The summed E-state index contributed by atoms with van der Waals surface area (Å²) in [5, 5.41) is 3.37. The largest absolute Gasteiger partial charge is 0.325 e. The first-order chi connectivity index (χ1) is 6.65. The number of nitrogens with one attached hydrogen (secondary N) is 1. The van der Waals surface area contributed by atoms with E-state index in [1.54, 1.807) is 18.2 Å². The first-order valence-corrected chi connectivity index (χ1v) is 5.24. The lowest BCUT2D eigenvalue weighted by molar-refractivity contribution is -0.115. The Hall–Kier alpha value is -0.440. The maximum atomic E-state index is 11.2. The number of hydrogen-bond acceptors (Lipinski definition) is 1. The van der Waals surface area contributed by atoms with Gasteiger partial charge < -0.3 is 5.32 Å². The number of rotatable bonds is 3. The predicted octanol–water partition coefficient (Wildman–Crippen LogP) is 3.56. The number of hydrogen-bond donors (Lipinski definition) is 1. The van der Waals surface area contributed by atoms with Crippen LogP contribution in [0.1, 0.15) is 6.42 Å². The topological polar surface area (TPSA) is 29.1 Å². The van der Waals surface area contributed by atoms with Crippen molar-refractivity contribution in [2.24, 2.45) is 0 Å². The molecule has 76 valence electrons. The number of anilines is 1. The normalized spacial score (nSPS) is 9.93. The van der Waals surface area contributed by atoms with Crippen molar-refractivity contribution in [1.82, 2.24) is 0 Å². The number of carbonyl (C=O) groups is 1. The second-order valence-electron chi connectivity index (χ2n) is 2.59. The monoisotopic (exact) mass is 251 g/mol. The summed E-state index contributed by atoms with van der Waals surface area (Å²) >= 11 is 17.0. The molecule has 14 heavy (non-hydrogen) atoms. The zero-order valence-electron chi connectivity index (χ0n) is 7.19. The van der Waals surface area contributed by atoms with Crippen molar-refractivity contribution in [3.05, 3.63) is 28.2 Å². The van der Waals surface area contributed by atoms with E-state index in [0.29, 0.717) is 15.7 Å². The van der Waals surface area contributed by atoms with Crippen molar-refractivity contribution in [2.45, 2.75) is 6.42 Å². The van der Waals surface area contributed by atoms with Crippen LogP contribution in [0.15, 0.2) is 18.2 Å². The van der Waals surface area contributed by atoms with Gasteiger partial charge in [0.05, 0.1) is 15.7 Å². The molecule has 1 amide bonds. The van der Waals surface area contributed by atoms with Gasteiger partial charge >= 0.3 is 0 Å². The van der Waals surface area contributed by atoms with Gasteiger partial charge in [-0.05, 0) is 12.1 Å². The van der Waals surface area contributed by atoms with Gasteiger partial charge in [0.1, 0.15) is 0 Å². The van der Waals surface area contributed by atoms with Crippen molar-refractivity contribution >= 4 is 46.4 Å². The molecular weight excluding hydrogens is 244 g/mol. The van der Waals surface area contributed by atoms with Gasteiger partial charge in [0, 0.05) is 12.3 Å². The highest BCUT2D eigenvalue weighted by atomic mass is 35.5. The molecule has 1 N–H and O–H groups in total. The minimum absolute atomic E-state index is 0.177. The lowest BCUT2D eigenvalue weighted by Crippen LogP contribution is -2.11. The van der Waals surface area contributed by atoms with E-state index in [1.165, 1.54) is 0 Å². The fourth-order valence-electron chi connectivity index (χ4n) is 0.899. The van der Waals surface area contributed by atoms with Gasteiger partial charge in [-0.3, -0.25) is 4.79 Å². The summed E-state index contributed by atoms with van der Waals surface area (Å²) < 4.78 is 0. The third-order valence-corrected chi connectivity index (χ3v) is 2.56. The second-order valence-corrected chi connectivity index (χ2v) is 3.75. The highest BCUT2D eigenvalue weighted by molar-refractivity contribution is 6.44. The Kier molecular flexibility index (Phi) is 4.52. The summed E-state index contributed by atoms with van der Waals surface area (Å²) in [5.41, 5.74) is 0.509. The van der Waals surface area contributed by atoms with E-state index < -0.39 is 0 Å². The molecule has 0 spiro atoms. The quantitative estimate of drug-likeness (QED) is 0.819. The molecule has 0 fully saturated rings. The average molecular weight is 253 g/mol. The molecule has 1 rings (SSSR count). The summed E-state index contributed by atoms with van der Waals surface area (Å²) in [6, 6.07) is 5.05. The molecule has 5 heteroatoms. The van der Waals surface area contributed by atoms with Crippen LogP contribution in [-0.4, -0.2) is 11.8 Å². The third kappa shape index (κ3) is 3.05. The minimum Gasteiger partial charge on any atom is -0.325 e. The molecule has 0 unspecified atom stereocenters. The minimum atomic E-state index is -0.177. The number of halogens is 3. The Balaban J connectivity index is 2.76. The van der Waals surface area contributed by atoms with Gasteiger partial charge in [0.15, 0.2) is 0 Å². The van der Waals surface area contributed by atoms with Crippen LogP contribution in [0.5, 0.6) is 0 Å². The molecule has 0 radical (unpaired) electrons. The van der Waals surface area contributed by atoms with Gasteiger partial charge in [-0.1, -0.05) is 29.3 Å². The Morgan fingerprint density at radius 1 is 1.36 bits per heavy atom. The fraction of sp³-hybridized carbons (Fsp3) is 0.222. The first-order valence-electron chi connectivity index (χ1n) is 3.95. The Morgan fingerprint density at radius 2 is 2.07 bits per heavy atom. The van der Waals surface area contributed by atoms with Crippen molar-refractivity contribution < 1.29 is 4.79 Å². The van der Waals surface area contributed by atoms with E-state index in [4.69, 9.17) is 34.8 Å². The molecule has 0 bridgehead atoms. The van der Waals surface area contributed by atoms with E-state index >= 15 is 0 Å². The number of carbonyl (C=O) groups excluding carboxylic acids is 1. The summed E-state index contributed by atoms with van der Waals surface area (Å²) in [6.45, 7) is 0. The Bertz CT molecular complexity index is 341. The fourth-order valence-corrected chi connectivity index (χ4v) is 1.42. The molecule has 1 aromatic carbocycles. The van der Waals surface area contributed by atoms with E-state index in [9.17, 15) is 4.79 Å². The van der Waals surface area contributed by atoms with Gasteiger partial charge in [-0.25, -0.2) is 0 Å². The van der Waals surface area contributed by atoms with Gasteiger partial charge in [-0.2, -0.15) is 0 Å². The highest BCUT2D eigenvalue weighted by Gasteiger charge is 2.07. The summed E-state index contributed by atoms with van der Waals surface area (Å²) in [4.78, 5) is 11.2. The predicted molar refractivity (Wildman–Crippen MR) is 60.4 cm³/mol. The maximum Gasteiger partial charge on any atom is 0.225 e. The molecule has 0 aliphatic carbocycles. The van der Waals surface area contributed by atoms with Crippen LogP contribution < -0.4 is 5.32 Å². The summed E-state index contributed by atoms with van der Waals surface area (Å²) in [7, 11) is 0. The number of benzene rings is 1. The lowest BCUT2D eigenvalue weighted by atomic mass is 10.3. The molecule has 2 nitrogen and oxygen atoms in total. The average Bonchev–Trinajstić information content (AvgIpc) is 2.13. The zero-order chi connectivity index (χ0) is 10.6. The van der Waals surface area contributed by atoms with Crippen molar-refractivity contribution in [1.29, 1.82) is 0 Å². The van der Waals surface area contributed by atoms with Crippen molar-refractivity contribution in [3.63, 3.8) is 0 Å². The maximum absolute atomic E-state index is 11.2. The van der Waals surface area contributed by atoms with E-state index in [0.717, 1.165) is 0 Å². The lowest BCUT2D eigenvalue weighted by Gasteiger charge is -2.06. The second kappa shape index (κ2) is 5.44. The molecule has 0 saturated heterocycles. The number of amides is 1. The molecule has 0 atom stereocenters. The Morgan fingerprint density at radius 3 is 2.71 bits per heavy atom. The highest BCUT2D eigenvalue weighted by Crippen LogP contribution is 2.29. The van der Waals surface area contributed by atoms with Crippen LogP contribution >= 0.6 is 34.8 Å². The van der Waals surface area contributed by atoms with Crippen molar-refractivity contribution in [3.8, 4) is 0 Å². The van der Waals surface area contributed by atoms with Crippen LogP contribution in [0.2, 0.25) is 10.0 Å². The molecule has 0 aliphatic rings. The van der Waals surface area contributed by atoms with E-state index in [-0.39, 0.29) is 18.2 Å². The van der Waals surface area contributed by atoms with Crippen LogP contribution in [-0.2, 0) is 4.79 Å². The summed E-state index contributed by atoms with van der Waals surface area (Å²) in [6.07, 6.45) is 0.254. The van der Waals surface area contributed by atoms with Crippen LogP contribution in [0.25, 0.3) is 0 Å². The molecule has 1 aromatic rings. The van der Waals surface area contributed by atoms with Crippen LogP contribution in [0.4, 0.5) is 5.69 Å². The summed E-state index contributed by atoms with van der Waals surface area (Å²) in [5.74, 6) is 0.105. The Labute approximate surface area is 97.1 Å². The molecule has 0 aliphatic heterocycles. The van der Waals surface area contributed by atoms with E-state index in [1.807, 2.05) is 0 Å². The molecular formula is C9H8Cl3NO. The van der Waals surface area contributed by atoms with E-state index in [2.05, 4.69) is 5.32 Å². The molecule has 0 aromatic heterocycles. The first kappa shape index (κ1) is 11.6.